The molecule has 0 saturated heterocycles. The lowest BCUT2D eigenvalue weighted by molar-refractivity contribution is -0.138. The fourth-order valence-corrected chi connectivity index (χ4v) is 5.65. The van der Waals surface area contributed by atoms with Crippen LogP contribution in [0.15, 0.2) is 36.4 Å². The molecule has 4 rings (SSSR count). The summed E-state index contributed by atoms with van der Waals surface area (Å²) in [5.41, 5.74) is 6.37. The Balaban J connectivity index is 1.53. The van der Waals surface area contributed by atoms with Crippen LogP contribution in [0.25, 0.3) is 10.9 Å². The molecule has 1 amide bonds. The summed E-state index contributed by atoms with van der Waals surface area (Å²) in [7, 11) is 1.74. The molecule has 1 atom stereocenters. The van der Waals surface area contributed by atoms with Gasteiger partial charge >= 0.3 is 6.18 Å². The number of hydrogen-bond acceptors (Lipinski definition) is 6. The SMILES string of the molecule is Cc1nc(N[C@@H](C)c2cc(N)cc(C(F)(F)F)c2)c2cc(C3CCC(C(=O)N(C)CC(C)(C)O)CC3)ccc2n1. The van der Waals surface area contributed by atoms with Crippen molar-refractivity contribution in [2.45, 2.75) is 77.1 Å². The lowest BCUT2D eigenvalue weighted by Crippen LogP contribution is -2.43. The number of carbonyl (C=O) groups excluding carboxylic acids is 1. The number of aryl methyl sites for hydroxylation is 1. The van der Waals surface area contributed by atoms with Gasteiger partial charge in [0.05, 0.1) is 22.7 Å². The average Bonchev–Trinajstić information content (AvgIpc) is 2.86. The molecule has 2 aromatic carbocycles. The molecule has 0 unspecified atom stereocenters. The van der Waals surface area contributed by atoms with Gasteiger partial charge in [-0.2, -0.15) is 13.2 Å². The van der Waals surface area contributed by atoms with Crippen LogP contribution in [0, 0.1) is 12.8 Å². The predicted octanol–water partition coefficient (Wildman–Crippen LogP) is 6.22. The van der Waals surface area contributed by atoms with Crippen molar-refractivity contribution in [3.8, 4) is 0 Å². The summed E-state index contributed by atoms with van der Waals surface area (Å²) in [6, 6.07) is 9.14. The topological polar surface area (TPSA) is 104 Å². The molecular formula is C30H38F3N5O2. The normalized spacial score (nSPS) is 18.9. The molecule has 1 aromatic heterocycles. The van der Waals surface area contributed by atoms with E-state index in [4.69, 9.17) is 5.73 Å². The van der Waals surface area contributed by atoms with Crippen LogP contribution in [-0.4, -0.2) is 45.1 Å². The van der Waals surface area contributed by atoms with Crippen LogP contribution in [0.2, 0.25) is 0 Å². The summed E-state index contributed by atoms with van der Waals surface area (Å²) in [5, 5.41) is 14.1. The van der Waals surface area contributed by atoms with E-state index < -0.39 is 23.4 Å². The second-order valence-corrected chi connectivity index (χ2v) is 11.7. The minimum absolute atomic E-state index is 0.0461. The number of nitrogens with two attached hydrogens (primary N) is 1. The van der Waals surface area contributed by atoms with Crippen molar-refractivity contribution in [1.82, 2.24) is 14.9 Å². The van der Waals surface area contributed by atoms with Crippen molar-refractivity contribution in [2.75, 3.05) is 24.6 Å². The zero-order valence-electron chi connectivity index (χ0n) is 23.6. The van der Waals surface area contributed by atoms with Gasteiger partial charge in [-0.25, -0.2) is 9.97 Å². The number of alkyl halides is 3. The highest BCUT2D eigenvalue weighted by molar-refractivity contribution is 5.90. The van der Waals surface area contributed by atoms with Crippen LogP contribution < -0.4 is 11.1 Å². The van der Waals surface area contributed by atoms with Gasteiger partial charge in [0.25, 0.3) is 0 Å². The van der Waals surface area contributed by atoms with Gasteiger partial charge in [0.15, 0.2) is 0 Å². The molecule has 1 aliphatic carbocycles. The molecule has 3 aromatic rings. The molecule has 7 nitrogen and oxygen atoms in total. The van der Waals surface area contributed by atoms with Crippen molar-refractivity contribution in [3.05, 3.63) is 58.9 Å². The first kappa shape index (κ1) is 29.6. The van der Waals surface area contributed by atoms with Gasteiger partial charge in [-0.3, -0.25) is 4.79 Å². The Morgan fingerprint density at radius 1 is 1.12 bits per heavy atom. The monoisotopic (exact) mass is 557 g/mol. The Bertz CT molecular complexity index is 1380. The van der Waals surface area contributed by atoms with E-state index in [-0.39, 0.29) is 30.0 Å². The van der Waals surface area contributed by atoms with Crippen LogP contribution in [-0.2, 0) is 11.0 Å². The zero-order chi connectivity index (χ0) is 29.4. The fourth-order valence-electron chi connectivity index (χ4n) is 5.65. The van der Waals surface area contributed by atoms with E-state index >= 15 is 0 Å². The van der Waals surface area contributed by atoms with E-state index in [9.17, 15) is 23.1 Å². The molecule has 4 N–H and O–H groups in total. The number of hydrogen-bond donors (Lipinski definition) is 3. The number of aliphatic hydroxyl groups is 1. The highest BCUT2D eigenvalue weighted by Gasteiger charge is 2.32. The third-order valence-corrected chi connectivity index (χ3v) is 7.54. The van der Waals surface area contributed by atoms with Crippen LogP contribution >= 0.6 is 0 Å². The number of nitrogens with zero attached hydrogens (tertiary/aromatic N) is 3. The van der Waals surface area contributed by atoms with Crippen molar-refractivity contribution in [1.29, 1.82) is 0 Å². The van der Waals surface area contributed by atoms with Gasteiger partial charge in [-0.1, -0.05) is 6.07 Å². The summed E-state index contributed by atoms with van der Waals surface area (Å²) >= 11 is 0. The molecule has 0 radical (unpaired) electrons. The van der Waals surface area contributed by atoms with Crippen LogP contribution in [0.1, 0.15) is 80.9 Å². The van der Waals surface area contributed by atoms with Gasteiger partial charge in [-0.05, 0) is 101 Å². The van der Waals surface area contributed by atoms with Crippen LogP contribution in [0.5, 0.6) is 0 Å². The fraction of sp³-hybridized carbons (Fsp3) is 0.500. The Morgan fingerprint density at radius 2 is 1.80 bits per heavy atom. The average molecular weight is 558 g/mol. The highest BCUT2D eigenvalue weighted by Crippen LogP contribution is 2.39. The standard InChI is InChI=1S/C30H38F3N5O2/c1-17(22-12-23(30(31,32)33)15-24(34)13-22)35-27-25-14-21(10-11-26(25)36-18(2)37-27)19-6-8-20(9-7-19)28(39)38(5)16-29(3,4)40/h10-15,17,19-20,40H,6-9,16,34H2,1-5H3,(H,35,36,37)/t17-,19?,20?/m0/s1. The van der Waals surface area contributed by atoms with E-state index in [2.05, 4.69) is 27.4 Å². The number of carbonyl (C=O) groups is 1. The molecule has 0 bridgehead atoms. The molecule has 10 heteroatoms. The van der Waals surface area contributed by atoms with Crippen molar-refractivity contribution < 1.29 is 23.1 Å². The summed E-state index contributed by atoms with van der Waals surface area (Å²) in [6.45, 7) is 7.22. The quantitative estimate of drug-likeness (QED) is 0.298. The maximum absolute atomic E-state index is 13.4. The van der Waals surface area contributed by atoms with Crippen LogP contribution in [0.4, 0.5) is 24.7 Å². The van der Waals surface area contributed by atoms with Gasteiger partial charge in [0.2, 0.25) is 5.91 Å². The number of benzene rings is 2. The molecule has 216 valence electrons. The summed E-state index contributed by atoms with van der Waals surface area (Å²) < 4.78 is 40.1. The van der Waals surface area contributed by atoms with E-state index in [0.717, 1.165) is 54.3 Å². The van der Waals surface area contributed by atoms with Crippen molar-refractivity contribution >= 4 is 28.3 Å². The second-order valence-electron chi connectivity index (χ2n) is 11.7. The molecule has 1 saturated carbocycles. The summed E-state index contributed by atoms with van der Waals surface area (Å²) in [4.78, 5) is 23.7. The number of amides is 1. The maximum Gasteiger partial charge on any atom is 0.416 e. The molecule has 40 heavy (non-hydrogen) atoms. The number of fused-ring (bicyclic) bond motifs is 1. The summed E-state index contributed by atoms with van der Waals surface area (Å²) in [5.74, 6) is 1.37. The third-order valence-electron chi connectivity index (χ3n) is 7.54. The number of nitrogens with one attached hydrogen (secondary N) is 1. The molecule has 1 heterocycles. The minimum Gasteiger partial charge on any atom is -0.399 e. The van der Waals surface area contributed by atoms with Gasteiger partial charge in [0.1, 0.15) is 11.6 Å². The predicted molar refractivity (Wildman–Crippen MR) is 151 cm³/mol. The van der Waals surface area contributed by atoms with Gasteiger partial charge < -0.3 is 21.1 Å². The molecule has 0 spiro atoms. The Morgan fingerprint density at radius 3 is 2.42 bits per heavy atom. The number of anilines is 2. The molecule has 1 aliphatic rings. The second kappa shape index (κ2) is 11.2. The van der Waals surface area contributed by atoms with Crippen LogP contribution in [0.3, 0.4) is 0 Å². The zero-order valence-corrected chi connectivity index (χ0v) is 23.6. The highest BCUT2D eigenvalue weighted by atomic mass is 19.4. The maximum atomic E-state index is 13.4. The Kier molecular flexibility index (Phi) is 8.31. The first-order valence-corrected chi connectivity index (χ1v) is 13.6. The van der Waals surface area contributed by atoms with E-state index in [1.165, 1.54) is 6.07 Å². The number of halogens is 3. The largest absolute Gasteiger partial charge is 0.416 e. The van der Waals surface area contributed by atoms with E-state index in [0.29, 0.717) is 17.2 Å². The lowest BCUT2D eigenvalue weighted by Gasteiger charge is -2.33. The molecule has 0 aliphatic heterocycles. The lowest BCUT2D eigenvalue weighted by atomic mass is 9.78. The van der Waals surface area contributed by atoms with Crippen molar-refractivity contribution in [3.63, 3.8) is 0 Å². The first-order valence-electron chi connectivity index (χ1n) is 13.6. The van der Waals surface area contributed by atoms with E-state index in [1.54, 1.807) is 39.6 Å². The van der Waals surface area contributed by atoms with E-state index in [1.807, 2.05) is 6.07 Å². The Hall–Kier alpha value is -3.40. The minimum atomic E-state index is -4.49. The number of aromatic nitrogens is 2. The number of likely N-dealkylation sites (N-methyl/N-ethyl adjacent to an activating group) is 1. The number of nitrogen functional groups attached to an aromatic ring is 1. The number of rotatable bonds is 7. The van der Waals surface area contributed by atoms with Gasteiger partial charge in [0, 0.05) is 30.6 Å². The first-order chi connectivity index (χ1) is 18.6. The summed E-state index contributed by atoms with van der Waals surface area (Å²) in [6.07, 6.45) is -1.25. The smallest absolute Gasteiger partial charge is 0.399 e. The third kappa shape index (κ3) is 7.02. The molecular weight excluding hydrogens is 519 g/mol. The molecule has 1 fully saturated rings. The van der Waals surface area contributed by atoms with Crippen molar-refractivity contribution in [2.24, 2.45) is 5.92 Å². The van der Waals surface area contributed by atoms with Gasteiger partial charge in [-0.15, -0.1) is 0 Å². The Labute approximate surface area is 233 Å².